The second kappa shape index (κ2) is 9.65. The fourth-order valence-electron chi connectivity index (χ4n) is 3.06. The van der Waals surface area contributed by atoms with Crippen molar-refractivity contribution in [2.45, 2.75) is 25.5 Å². The van der Waals surface area contributed by atoms with E-state index in [2.05, 4.69) is 20.8 Å². The number of rotatable bonds is 7. The van der Waals surface area contributed by atoms with Gasteiger partial charge in [0.25, 0.3) is 5.91 Å². The van der Waals surface area contributed by atoms with Crippen molar-refractivity contribution in [3.63, 3.8) is 0 Å². The highest BCUT2D eigenvalue weighted by molar-refractivity contribution is 7.99. The molecule has 2 N–H and O–H groups in total. The van der Waals surface area contributed by atoms with E-state index < -0.39 is 0 Å². The maximum Gasteiger partial charge on any atom is 0.253 e. The summed E-state index contributed by atoms with van der Waals surface area (Å²) < 4.78 is 1.73. The summed E-state index contributed by atoms with van der Waals surface area (Å²) in [5.74, 6) is -0.143. The molecule has 0 saturated heterocycles. The van der Waals surface area contributed by atoms with Crippen LogP contribution in [0.15, 0.2) is 72.0 Å². The lowest BCUT2D eigenvalue weighted by molar-refractivity contribution is -0.113. The van der Waals surface area contributed by atoms with Gasteiger partial charge < -0.3 is 10.6 Å². The average molecular weight is 446 g/mol. The van der Waals surface area contributed by atoms with Gasteiger partial charge in [0.1, 0.15) is 0 Å². The Labute approximate surface area is 190 Å². The summed E-state index contributed by atoms with van der Waals surface area (Å²) in [5, 5.41) is 14.6. The fraction of sp³-hybridized carbons (Fsp3) is 0.167. The van der Waals surface area contributed by atoms with Crippen LogP contribution in [-0.2, 0) is 11.3 Å². The molecule has 2 aromatic carbocycles. The highest BCUT2D eigenvalue weighted by atomic mass is 32.2. The lowest BCUT2D eigenvalue weighted by Gasteiger charge is -2.07. The molecule has 0 radical (unpaired) electrons. The van der Waals surface area contributed by atoms with Gasteiger partial charge in [-0.05, 0) is 43.7 Å². The topological polar surface area (TPSA) is 88.4 Å². The Bertz CT molecular complexity index is 1250. The summed E-state index contributed by atoms with van der Waals surface area (Å²) in [5.41, 5.74) is 5.20. The van der Waals surface area contributed by atoms with Gasteiger partial charge in [-0.15, -0.1) is 10.2 Å². The first-order valence-corrected chi connectivity index (χ1v) is 11.1. The van der Waals surface area contributed by atoms with E-state index in [-0.39, 0.29) is 17.6 Å². The Morgan fingerprint density at radius 2 is 1.59 bits per heavy atom. The molecular weight excluding hydrogens is 422 g/mol. The number of carbonyl (C=O) groups is 2. The lowest BCUT2D eigenvalue weighted by Crippen LogP contribution is -2.23. The summed E-state index contributed by atoms with van der Waals surface area (Å²) in [7, 11) is 0. The van der Waals surface area contributed by atoms with Crippen molar-refractivity contribution in [2.75, 3.05) is 11.1 Å². The molecule has 0 spiro atoms. The molecule has 8 heteroatoms. The number of aryl methyl sites for hydroxylation is 2. The first kappa shape index (κ1) is 21.6. The predicted octanol–water partition coefficient (Wildman–Crippen LogP) is 4.01. The number of hydrogen-bond donors (Lipinski definition) is 2. The zero-order valence-electron chi connectivity index (χ0n) is 17.8. The van der Waals surface area contributed by atoms with Crippen LogP contribution in [0.4, 0.5) is 5.69 Å². The number of nitrogens with one attached hydrogen (secondary N) is 2. The van der Waals surface area contributed by atoms with Crippen molar-refractivity contribution in [1.82, 2.24) is 19.9 Å². The molecule has 4 rings (SSSR count). The van der Waals surface area contributed by atoms with Crippen molar-refractivity contribution in [2.24, 2.45) is 0 Å². The zero-order chi connectivity index (χ0) is 22.5. The molecule has 7 nitrogen and oxygen atoms in total. The van der Waals surface area contributed by atoms with Crippen LogP contribution in [0.2, 0.25) is 0 Å². The summed E-state index contributed by atoms with van der Waals surface area (Å²) in [4.78, 5) is 24.9. The molecule has 0 bridgehead atoms. The third-order valence-corrected chi connectivity index (χ3v) is 5.82. The molecule has 0 saturated carbocycles. The molecule has 4 aromatic rings. The van der Waals surface area contributed by atoms with Crippen LogP contribution < -0.4 is 10.6 Å². The van der Waals surface area contributed by atoms with Gasteiger partial charge in [0.05, 0.1) is 11.3 Å². The van der Waals surface area contributed by atoms with Crippen molar-refractivity contribution < 1.29 is 9.59 Å². The number of hydrogen-bond acceptors (Lipinski definition) is 5. The van der Waals surface area contributed by atoms with Gasteiger partial charge in [-0.3, -0.25) is 14.0 Å². The number of nitrogens with zero attached hydrogens (tertiary/aromatic N) is 3. The van der Waals surface area contributed by atoms with Gasteiger partial charge in [-0.1, -0.05) is 59.3 Å². The second-order valence-corrected chi connectivity index (χ2v) is 8.44. The number of benzene rings is 2. The third-order valence-electron chi connectivity index (χ3n) is 4.87. The molecule has 0 atom stereocenters. The minimum atomic E-state index is -0.186. The maximum absolute atomic E-state index is 12.6. The van der Waals surface area contributed by atoms with Gasteiger partial charge >= 0.3 is 0 Å². The van der Waals surface area contributed by atoms with Crippen molar-refractivity contribution in [3.8, 4) is 0 Å². The van der Waals surface area contributed by atoms with Crippen LogP contribution in [-0.4, -0.2) is 32.2 Å². The Balaban J connectivity index is 1.39. The first-order valence-electron chi connectivity index (χ1n) is 10.2. The minimum absolute atomic E-state index is 0.136. The Hall–Kier alpha value is -3.65. The molecular formula is C24H23N5O2S. The van der Waals surface area contributed by atoms with Gasteiger partial charge in [-0.25, -0.2) is 0 Å². The lowest BCUT2D eigenvalue weighted by atomic mass is 10.1. The van der Waals surface area contributed by atoms with E-state index in [0.29, 0.717) is 22.9 Å². The summed E-state index contributed by atoms with van der Waals surface area (Å²) in [6.45, 7) is 4.47. The molecule has 0 unspecified atom stereocenters. The molecule has 2 amide bonds. The van der Waals surface area contributed by atoms with E-state index >= 15 is 0 Å². The largest absolute Gasteiger partial charge is 0.348 e. The molecule has 0 aliphatic rings. The van der Waals surface area contributed by atoms with Crippen LogP contribution in [0, 0.1) is 13.8 Å². The second-order valence-electron chi connectivity index (χ2n) is 7.50. The van der Waals surface area contributed by atoms with Crippen LogP contribution >= 0.6 is 11.8 Å². The van der Waals surface area contributed by atoms with E-state index in [1.54, 1.807) is 22.7 Å². The number of fused-ring (bicyclic) bond motifs is 1. The smallest absolute Gasteiger partial charge is 0.253 e. The predicted molar refractivity (Wildman–Crippen MR) is 126 cm³/mol. The summed E-state index contributed by atoms with van der Waals surface area (Å²) in [6, 6.07) is 19.1. The highest BCUT2D eigenvalue weighted by Gasteiger charge is 2.13. The standard InChI is InChI=1S/C24H23N5O2S/c1-16-3-7-18(8-4-16)13-25-23(31)19-9-12-21-27-28-24(29(21)14-19)32-15-22(30)26-20-10-5-17(2)6-11-20/h3-12,14H,13,15H2,1-2H3,(H,25,31)(H,26,30). The monoisotopic (exact) mass is 445 g/mol. The zero-order valence-corrected chi connectivity index (χ0v) is 18.6. The molecule has 2 heterocycles. The molecule has 0 fully saturated rings. The Kier molecular flexibility index (Phi) is 6.51. The van der Waals surface area contributed by atoms with Crippen molar-refractivity contribution in [3.05, 3.63) is 89.1 Å². The minimum Gasteiger partial charge on any atom is -0.348 e. The van der Waals surface area contributed by atoms with E-state index in [1.807, 2.05) is 62.4 Å². The number of anilines is 1. The van der Waals surface area contributed by atoms with Crippen LogP contribution in [0.1, 0.15) is 27.0 Å². The van der Waals surface area contributed by atoms with Crippen LogP contribution in [0.3, 0.4) is 0 Å². The normalized spacial score (nSPS) is 10.8. The first-order chi connectivity index (χ1) is 15.5. The fourth-order valence-corrected chi connectivity index (χ4v) is 3.77. The van der Waals surface area contributed by atoms with E-state index in [0.717, 1.165) is 16.8 Å². The van der Waals surface area contributed by atoms with E-state index in [4.69, 9.17) is 0 Å². The maximum atomic E-state index is 12.6. The SMILES string of the molecule is Cc1ccc(CNC(=O)c2ccc3nnc(SCC(=O)Nc4ccc(C)cc4)n3c2)cc1. The molecule has 2 aromatic heterocycles. The molecule has 162 valence electrons. The highest BCUT2D eigenvalue weighted by Crippen LogP contribution is 2.18. The van der Waals surface area contributed by atoms with Gasteiger partial charge in [-0.2, -0.15) is 0 Å². The third kappa shape index (κ3) is 5.33. The molecule has 32 heavy (non-hydrogen) atoms. The Morgan fingerprint density at radius 3 is 2.31 bits per heavy atom. The summed E-state index contributed by atoms with van der Waals surface area (Å²) >= 11 is 1.26. The van der Waals surface area contributed by atoms with E-state index in [9.17, 15) is 9.59 Å². The number of thioether (sulfide) groups is 1. The van der Waals surface area contributed by atoms with E-state index in [1.165, 1.54) is 17.3 Å². The van der Waals surface area contributed by atoms with Gasteiger partial charge in [0.15, 0.2) is 10.8 Å². The number of carbonyl (C=O) groups excluding carboxylic acids is 2. The van der Waals surface area contributed by atoms with Gasteiger partial charge in [0.2, 0.25) is 5.91 Å². The summed E-state index contributed by atoms with van der Waals surface area (Å²) in [6.07, 6.45) is 1.69. The average Bonchev–Trinajstić information content (AvgIpc) is 3.21. The van der Waals surface area contributed by atoms with Crippen LogP contribution in [0.5, 0.6) is 0 Å². The number of amides is 2. The molecule has 0 aliphatic carbocycles. The van der Waals surface area contributed by atoms with Crippen molar-refractivity contribution in [1.29, 1.82) is 0 Å². The molecule has 0 aliphatic heterocycles. The van der Waals surface area contributed by atoms with Gasteiger partial charge in [0, 0.05) is 18.4 Å². The quantitative estimate of drug-likeness (QED) is 0.420. The number of pyridine rings is 1. The van der Waals surface area contributed by atoms with Crippen molar-refractivity contribution >= 4 is 34.9 Å². The Morgan fingerprint density at radius 1 is 0.906 bits per heavy atom. The van der Waals surface area contributed by atoms with Crippen LogP contribution in [0.25, 0.3) is 5.65 Å². The number of aromatic nitrogens is 3.